The number of nitrogens with zero attached hydrogens (tertiary/aromatic N) is 2. The molecular formula is C12H10N4O2S. The van der Waals surface area contributed by atoms with Gasteiger partial charge in [0.15, 0.2) is 0 Å². The van der Waals surface area contributed by atoms with E-state index in [4.69, 9.17) is 4.74 Å². The number of hydrogen-bond acceptors (Lipinski definition) is 5. The minimum atomic E-state index is -0.226. The number of carbonyl (C=O) groups is 1. The third-order valence-corrected chi connectivity index (χ3v) is 3.57. The van der Waals surface area contributed by atoms with E-state index in [1.807, 2.05) is 29.6 Å². The van der Waals surface area contributed by atoms with E-state index in [-0.39, 0.29) is 17.9 Å². The molecule has 7 heteroatoms. The van der Waals surface area contributed by atoms with Gasteiger partial charge in [-0.2, -0.15) is 4.98 Å². The summed E-state index contributed by atoms with van der Waals surface area (Å²) in [6, 6.07) is 7.94. The Bertz CT molecular complexity index is 734. The standard InChI is InChI=1S/C12H10N4O2S/c1-18-12-14-11(15-16-12)13-10(17)8-6-19-9-5-3-2-4-7(8)9/h2-6H,1H3,(H2,13,14,15,16,17). The summed E-state index contributed by atoms with van der Waals surface area (Å²) < 4.78 is 5.91. The fraction of sp³-hybridized carbons (Fsp3) is 0.0833. The second-order valence-electron chi connectivity index (χ2n) is 3.77. The van der Waals surface area contributed by atoms with Crippen LogP contribution in [0.1, 0.15) is 10.4 Å². The van der Waals surface area contributed by atoms with E-state index in [9.17, 15) is 4.79 Å². The lowest BCUT2D eigenvalue weighted by atomic mass is 10.2. The molecule has 0 spiro atoms. The number of H-pyrrole nitrogens is 1. The first-order valence-electron chi connectivity index (χ1n) is 5.52. The number of nitrogens with one attached hydrogen (secondary N) is 2. The molecule has 6 nitrogen and oxygen atoms in total. The van der Waals surface area contributed by atoms with Crippen molar-refractivity contribution >= 4 is 33.3 Å². The summed E-state index contributed by atoms with van der Waals surface area (Å²) in [5, 5.41) is 11.7. The van der Waals surface area contributed by atoms with Crippen molar-refractivity contribution in [1.29, 1.82) is 0 Å². The molecule has 0 aliphatic rings. The van der Waals surface area contributed by atoms with Crippen LogP contribution in [-0.4, -0.2) is 28.2 Å². The molecule has 96 valence electrons. The Kier molecular flexibility index (Phi) is 2.88. The third kappa shape index (κ3) is 2.15. The molecule has 2 aromatic heterocycles. The summed E-state index contributed by atoms with van der Waals surface area (Å²) >= 11 is 1.53. The van der Waals surface area contributed by atoms with Crippen LogP contribution in [0.25, 0.3) is 10.1 Å². The molecule has 19 heavy (non-hydrogen) atoms. The van der Waals surface area contributed by atoms with Crippen molar-refractivity contribution in [3.05, 3.63) is 35.2 Å². The van der Waals surface area contributed by atoms with Crippen molar-refractivity contribution in [3.63, 3.8) is 0 Å². The van der Waals surface area contributed by atoms with Crippen molar-refractivity contribution in [2.24, 2.45) is 0 Å². The Labute approximate surface area is 112 Å². The molecule has 0 aliphatic heterocycles. The first-order chi connectivity index (χ1) is 9.28. The highest BCUT2D eigenvalue weighted by atomic mass is 32.1. The van der Waals surface area contributed by atoms with Crippen molar-refractivity contribution in [2.45, 2.75) is 0 Å². The van der Waals surface area contributed by atoms with Gasteiger partial charge in [0.2, 0.25) is 5.95 Å². The lowest BCUT2D eigenvalue weighted by Crippen LogP contribution is -2.12. The van der Waals surface area contributed by atoms with Crippen LogP contribution in [-0.2, 0) is 0 Å². The van der Waals surface area contributed by atoms with Gasteiger partial charge in [-0.1, -0.05) is 18.2 Å². The van der Waals surface area contributed by atoms with E-state index in [0.717, 1.165) is 10.1 Å². The van der Waals surface area contributed by atoms with Gasteiger partial charge in [-0.05, 0) is 6.07 Å². The molecule has 3 aromatic rings. The number of aromatic nitrogens is 3. The Morgan fingerprint density at radius 3 is 3.05 bits per heavy atom. The number of hydrogen-bond donors (Lipinski definition) is 2. The van der Waals surface area contributed by atoms with Gasteiger partial charge in [-0.25, -0.2) is 5.10 Å². The number of aromatic amines is 1. The molecule has 0 unspecified atom stereocenters. The third-order valence-electron chi connectivity index (χ3n) is 2.61. The van der Waals surface area contributed by atoms with Gasteiger partial charge in [-0.15, -0.1) is 16.4 Å². The quantitative estimate of drug-likeness (QED) is 0.768. The van der Waals surface area contributed by atoms with Gasteiger partial charge in [0, 0.05) is 15.5 Å². The van der Waals surface area contributed by atoms with Crippen LogP contribution in [0.5, 0.6) is 6.01 Å². The zero-order valence-electron chi connectivity index (χ0n) is 10.0. The predicted molar refractivity (Wildman–Crippen MR) is 72.7 cm³/mol. The van der Waals surface area contributed by atoms with E-state index in [1.165, 1.54) is 18.4 Å². The van der Waals surface area contributed by atoms with Gasteiger partial charge < -0.3 is 4.74 Å². The fourth-order valence-electron chi connectivity index (χ4n) is 1.72. The van der Waals surface area contributed by atoms with E-state index < -0.39 is 0 Å². The van der Waals surface area contributed by atoms with Crippen molar-refractivity contribution in [2.75, 3.05) is 12.4 Å². The van der Waals surface area contributed by atoms with Crippen LogP contribution in [0.3, 0.4) is 0 Å². The molecule has 0 atom stereocenters. The second kappa shape index (κ2) is 4.69. The van der Waals surface area contributed by atoms with E-state index >= 15 is 0 Å². The molecule has 0 aliphatic carbocycles. The summed E-state index contributed by atoms with van der Waals surface area (Å²) in [5.74, 6) is 0.0355. The first kappa shape index (κ1) is 11.7. The molecule has 1 aromatic carbocycles. The zero-order chi connectivity index (χ0) is 13.2. The maximum Gasteiger partial charge on any atom is 0.336 e. The van der Waals surface area contributed by atoms with Crippen LogP contribution in [0.4, 0.5) is 5.95 Å². The molecule has 3 rings (SSSR count). The minimum absolute atomic E-state index is 0.186. The van der Waals surface area contributed by atoms with Gasteiger partial charge in [0.05, 0.1) is 12.7 Å². The summed E-state index contributed by atoms with van der Waals surface area (Å²) in [6.45, 7) is 0. The molecule has 2 heterocycles. The number of rotatable bonds is 3. The normalized spacial score (nSPS) is 10.6. The summed E-state index contributed by atoms with van der Waals surface area (Å²) in [5.41, 5.74) is 0.621. The smallest absolute Gasteiger partial charge is 0.336 e. The Hall–Kier alpha value is -2.41. The molecule has 0 saturated carbocycles. The highest BCUT2D eigenvalue weighted by molar-refractivity contribution is 7.17. The number of methoxy groups -OCH3 is 1. The van der Waals surface area contributed by atoms with Crippen molar-refractivity contribution < 1.29 is 9.53 Å². The number of carbonyl (C=O) groups excluding carboxylic acids is 1. The number of fused-ring (bicyclic) bond motifs is 1. The van der Waals surface area contributed by atoms with Gasteiger partial charge in [0.1, 0.15) is 0 Å². The molecule has 0 bridgehead atoms. The molecule has 0 radical (unpaired) electrons. The lowest BCUT2D eigenvalue weighted by Gasteiger charge is -1.99. The van der Waals surface area contributed by atoms with Gasteiger partial charge in [-0.3, -0.25) is 10.1 Å². The van der Waals surface area contributed by atoms with Crippen molar-refractivity contribution in [1.82, 2.24) is 15.2 Å². The van der Waals surface area contributed by atoms with Crippen LogP contribution in [0.15, 0.2) is 29.6 Å². The zero-order valence-corrected chi connectivity index (χ0v) is 10.8. The number of amides is 1. The largest absolute Gasteiger partial charge is 0.466 e. The molecular weight excluding hydrogens is 264 g/mol. The van der Waals surface area contributed by atoms with Gasteiger partial charge in [0.25, 0.3) is 5.91 Å². The summed E-state index contributed by atoms with van der Waals surface area (Å²) in [6.07, 6.45) is 0. The molecule has 1 amide bonds. The average Bonchev–Trinajstić information content (AvgIpc) is 3.04. The van der Waals surface area contributed by atoms with Gasteiger partial charge >= 0.3 is 6.01 Å². The van der Waals surface area contributed by atoms with Crippen molar-refractivity contribution in [3.8, 4) is 6.01 Å². The Balaban J connectivity index is 1.87. The van der Waals surface area contributed by atoms with E-state index in [2.05, 4.69) is 20.5 Å². The number of benzene rings is 1. The van der Waals surface area contributed by atoms with E-state index in [1.54, 1.807) is 0 Å². The fourth-order valence-corrected chi connectivity index (χ4v) is 2.66. The monoisotopic (exact) mass is 274 g/mol. The highest BCUT2D eigenvalue weighted by Crippen LogP contribution is 2.26. The van der Waals surface area contributed by atoms with Crippen LogP contribution in [0, 0.1) is 0 Å². The maximum absolute atomic E-state index is 12.2. The Morgan fingerprint density at radius 1 is 1.42 bits per heavy atom. The summed E-state index contributed by atoms with van der Waals surface area (Å²) in [4.78, 5) is 16.1. The minimum Gasteiger partial charge on any atom is -0.466 e. The predicted octanol–water partition coefficient (Wildman–Crippen LogP) is 2.28. The Morgan fingerprint density at radius 2 is 2.26 bits per heavy atom. The number of ether oxygens (including phenoxy) is 1. The number of thiophene rings is 1. The summed E-state index contributed by atoms with van der Waals surface area (Å²) in [7, 11) is 1.46. The molecule has 0 fully saturated rings. The topological polar surface area (TPSA) is 79.9 Å². The van der Waals surface area contributed by atoms with E-state index in [0.29, 0.717) is 5.56 Å². The first-order valence-corrected chi connectivity index (χ1v) is 6.40. The number of anilines is 1. The lowest BCUT2D eigenvalue weighted by molar-refractivity contribution is 0.102. The maximum atomic E-state index is 12.2. The molecule has 2 N–H and O–H groups in total. The SMILES string of the molecule is COc1n[nH]c(NC(=O)c2csc3ccccc23)n1. The van der Waals surface area contributed by atoms with Crippen LogP contribution < -0.4 is 10.1 Å². The van der Waals surface area contributed by atoms with Crippen LogP contribution in [0.2, 0.25) is 0 Å². The van der Waals surface area contributed by atoms with Crippen LogP contribution >= 0.6 is 11.3 Å². The molecule has 0 saturated heterocycles. The average molecular weight is 274 g/mol. The highest BCUT2D eigenvalue weighted by Gasteiger charge is 2.13. The second-order valence-corrected chi connectivity index (χ2v) is 4.68.